The van der Waals surface area contributed by atoms with Crippen LogP contribution in [0.4, 0.5) is 4.39 Å². The fourth-order valence-electron chi connectivity index (χ4n) is 5.69. The zero-order valence-corrected chi connectivity index (χ0v) is 22.9. The number of pyridine rings is 1. The Morgan fingerprint density at radius 3 is 2.70 bits per heavy atom. The van der Waals surface area contributed by atoms with Crippen molar-refractivity contribution in [1.29, 1.82) is 0 Å². The Morgan fingerprint density at radius 2 is 2.00 bits per heavy atom. The van der Waals surface area contributed by atoms with Crippen LogP contribution in [-0.4, -0.2) is 60.5 Å². The van der Waals surface area contributed by atoms with Crippen molar-refractivity contribution in [3.63, 3.8) is 0 Å². The van der Waals surface area contributed by atoms with Gasteiger partial charge in [0.05, 0.1) is 18.0 Å². The van der Waals surface area contributed by atoms with Gasteiger partial charge in [0, 0.05) is 48.7 Å². The number of Topliss-reactive ketones (excluding diaryl/α,β-unsaturated/α-hetero) is 1. The molecule has 2 aliphatic heterocycles. The van der Waals surface area contributed by atoms with Gasteiger partial charge in [0.1, 0.15) is 5.82 Å². The zero-order chi connectivity index (χ0) is 26.7. The van der Waals surface area contributed by atoms with Crippen molar-refractivity contribution in [2.45, 2.75) is 70.0 Å². The van der Waals surface area contributed by atoms with E-state index in [0.717, 1.165) is 18.2 Å². The van der Waals surface area contributed by atoms with E-state index in [9.17, 15) is 17.6 Å². The monoisotopic (exact) mass is 550 g/mol. The first-order valence-electron chi connectivity index (χ1n) is 12.9. The molecule has 0 radical (unpaired) electrons. The first-order chi connectivity index (χ1) is 17.6. The van der Waals surface area contributed by atoms with Crippen molar-refractivity contribution in [3.05, 3.63) is 64.2 Å². The Kier molecular flexibility index (Phi) is 9.01. The number of piperazine rings is 1. The van der Waals surface area contributed by atoms with Gasteiger partial charge in [-0.25, -0.2) is 12.8 Å². The summed E-state index contributed by atoms with van der Waals surface area (Å²) < 4.78 is 42.1. The number of nitrogens with two attached hydrogens (primary N) is 1. The summed E-state index contributed by atoms with van der Waals surface area (Å²) in [5, 5.41) is 4.05. The van der Waals surface area contributed by atoms with E-state index in [4.69, 9.17) is 17.3 Å². The maximum absolute atomic E-state index is 14.9. The summed E-state index contributed by atoms with van der Waals surface area (Å²) in [6.07, 6.45) is 4.86. The Labute approximate surface area is 224 Å². The summed E-state index contributed by atoms with van der Waals surface area (Å²) in [6.45, 7) is 5.02. The molecule has 3 heterocycles. The molecular formula is C27H36ClFN4O3S. The van der Waals surface area contributed by atoms with Gasteiger partial charge < -0.3 is 11.1 Å². The first-order valence-corrected chi connectivity index (χ1v) is 14.9. The van der Waals surface area contributed by atoms with E-state index in [-0.39, 0.29) is 41.9 Å². The number of nitrogens with one attached hydrogen (secondary N) is 1. The molecule has 0 amide bonds. The Morgan fingerprint density at radius 1 is 1.27 bits per heavy atom. The van der Waals surface area contributed by atoms with Crippen LogP contribution in [0.15, 0.2) is 36.7 Å². The number of aromatic nitrogens is 1. The molecule has 2 aromatic rings. The second-order valence-electron chi connectivity index (χ2n) is 10.6. The molecule has 2 aliphatic rings. The van der Waals surface area contributed by atoms with E-state index in [1.165, 1.54) is 6.20 Å². The van der Waals surface area contributed by atoms with Crippen LogP contribution in [0.2, 0.25) is 5.02 Å². The molecule has 0 saturated carbocycles. The lowest BCUT2D eigenvalue weighted by molar-refractivity contribution is -0.120. The number of nitrogens with zero attached hydrogens (tertiary/aromatic N) is 2. The summed E-state index contributed by atoms with van der Waals surface area (Å²) in [5.41, 5.74) is 8.31. The van der Waals surface area contributed by atoms with Gasteiger partial charge >= 0.3 is 0 Å². The molecule has 1 aromatic heterocycles. The summed E-state index contributed by atoms with van der Waals surface area (Å²) in [5.74, 6) is -0.655. The van der Waals surface area contributed by atoms with Crippen molar-refractivity contribution in [2.75, 3.05) is 18.8 Å². The highest BCUT2D eigenvalue weighted by atomic mass is 35.5. The Hall–Kier alpha value is -1.91. The van der Waals surface area contributed by atoms with E-state index in [0.29, 0.717) is 48.5 Å². The van der Waals surface area contributed by atoms with Gasteiger partial charge in [-0.05, 0) is 60.4 Å². The summed E-state index contributed by atoms with van der Waals surface area (Å²) >= 11 is 6.03. The average molecular weight is 551 g/mol. The van der Waals surface area contributed by atoms with Crippen LogP contribution in [0.1, 0.15) is 55.7 Å². The molecule has 37 heavy (non-hydrogen) atoms. The molecule has 2 fully saturated rings. The summed E-state index contributed by atoms with van der Waals surface area (Å²) in [4.78, 5) is 17.3. The molecule has 2 saturated heterocycles. The van der Waals surface area contributed by atoms with Gasteiger partial charge in [0.2, 0.25) is 10.0 Å². The third-order valence-corrected chi connectivity index (χ3v) is 9.90. The number of carbonyl (C=O) groups excluding carboxylic acids is 1. The molecule has 4 rings (SSSR count). The van der Waals surface area contributed by atoms with Gasteiger partial charge in [-0.15, -0.1) is 0 Å². The summed E-state index contributed by atoms with van der Waals surface area (Å²) in [7, 11) is -3.33. The smallest absolute Gasteiger partial charge is 0.214 e. The van der Waals surface area contributed by atoms with Crippen molar-refractivity contribution in [2.24, 2.45) is 11.7 Å². The van der Waals surface area contributed by atoms with Gasteiger partial charge in [-0.2, -0.15) is 4.31 Å². The molecule has 202 valence electrons. The predicted molar refractivity (Wildman–Crippen MR) is 144 cm³/mol. The number of ketones is 1. The second kappa shape index (κ2) is 11.9. The van der Waals surface area contributed by atoms with E-state index in [1.807, 2.05) is 26.0 Å². The lowest BCUT2D eigenvalue weighted by atomic mass is 9.80. The minimum Gasteiger partial charge on any atom is -0.321 e. The van der Waals surface area contributed by atoms with E-state index in [1.54, 1.807) is 16.4 Å². The third-order valence-electron chi connectivity index (χ3n) is 7.68. The standard InChI is InChI=1S/C27H36ClFN4O3S/c1-17(2)26(18-5-7-20(28)8-6-18)27(30)25(34)12-19-13-31-15-24(29)23(19)10-9-22-14-32-21-4-3-11-37(35,36)33(22)16-21/h5-8,13,15,17,21-22,26-27,32H,3-4,9-12,14,16,30H2,1-2H3/t21-,22+,26-,27-/m1/s1. The highest BCUT2D eigenvalue weighted by Gasteiger charge is 2.38. The minimum atomic E-state index is -3.33. The molecule has 1 aromatic carbocycles. The maximum Gasteiger partial charge on any atom is 0.214 e. The SMILES string of the molecule is CC(C)[C@H](c1ccc(Cl)cc1)[C@H](N)C(=O)Cc1cncc(F)c1CC[C@H]1CN[C@@H]2CCCS(=O)(=O)N1C2. The van der Waals surface area contributed by atoms with Gasteiger partial charge in [-0.3, -0.25) is 9.78 Å². The van der Waals surface area contributed by atoms with Gasteiger partial charge in [0.25, 0.3) is 0 Å². The molecule has 2 bridgehead atoms. The molecular weight excluding hydrogens is 515 g/mol. The molecule has 0 aliphatic carbocycles. The van der Waals surface area contributed by atoms with Crippen LogP contribution < -0.4 is 11.1 Å². The minimum absolute atomic E-state index is 0.0366. The van der Waals surface area contributed by atoms with Crippen molar-refractivity contribution >= 4 is 27.4 Å². The van der Waals surface area contributed by atoms with Crippen LogP contribution >= 0.6 is 11.6 Å². The van der Waals surface area contributed by atoms with E-state index >= 15 is 0 Å². The van der Waals surface area contributed by atoms with Crippen LogP contribution in [0.5, 0.6) is 0 Å². The normalized spacial score (nSPS) is 24.9. The highest BCUT2D eigenvalue weighted by Crippen LogP contribution is 2.30. The maximum atomic E-state index is 14.9. The molecule has 10 heteroatoms. The third kappa shape index (κ3) is 6.57. The number of fused-ring (bicyclic) bond motifs is 2. The lowest BCUT2D eigenvalue weighted by Gasteiger charge is -2.37. The number of carbonyl (C=O) groups is 1. The van der Waals surface area contributed by atoms with E-state index in [2.05, 4.69) is 10.3 Å². The quantitative estimate of drug-likeness (QED) is 0.495. The molecule has 7 nitrogen and oxygen atoms in total. The lowest BCUT2D eigenvalue weighted by Crippen LogP contribution is -2.57. The molecule has 5 atom stereocenters. The van der Waals surface area contributed by atoms with Crippen LogP contribution in [-0.2, 0) is 27.7 Å². The van der Waals surface area contributed by atoms with Gasteiger partial charge in [-0.1, -0.05) is 37.6 Å². The van der Waals surface area contributed by atoms with Crippen LogP contribution in [0, 0.1) is 11.7 Å². The van der Waals surface area contributed by atoms with Crippen molar-refractivity contribution in [3.8, 4) is 0 Å². The fourth-order valence-corrected chi connectivity index (χ4v) is 7.62. The zero-order valence-electron chi connectivity index (χ0n) is 21.4. The number of benzene rings is 1. The topological polar surface area (TPSA) is 105 Å². The second-order valence-corrected chi connectivity index (χ2v) is 13.1. The van der Waals surface area contributed by atoms with Crippen LogP contribution in [0.3, 0.4) is 0 Å². The van der Waals surface area contributed by atoms with E-state index < -0.39 is 21.9 Å². The number of hydrogen-bond donors (Lipinski definition) is 2. The predicted octanol–water partition coefficient (Wildman–Crippen LogP) is 3.45. The number of halogens is 2. The summed E-state index contributed by atoms with van der Waals surface area (Å²) in [6, 6.07) is 6.46. The first kappa shape index (κ1) is 28.1. The average Bonchev–Trinajstić information content (AvgIpc) is 2.96. The van der Waals surface area contributed by atoms with Crippen molar-refractivity contribution in [1.82, 2.24) is 14.6 Å². The van der Waals surface area contributed by atoms with Gasteiger partial charge in [0.15, 0.2) is 5.78 Å². The molecule has 0 spiro atoms. The number of hydrogen-bond acceptors (Lipinski definition) is 6. The van der Waals surface area contributed by atoms with Crippen molar-refractivity contribution < 1.29 is 17.6 Å². The fraction of sp³-hybridized carbons (Fsp3) is 0.556. The molecule has 1 unspecified atom stereocenters. The molecule has 3 N–H and O–H groups in total. The highest BCUT2D eigenvalue weighted by molar-refractivity contribution is 7.89. The number of sulfonamides is 1. The van der Waals surface area contributed by atoms with Crippen LogP contribution in [0.25, 0.3) is 0 Å². The Balaban J connectivity index is 1.49. The largest absolute Gasteiger partial charge is 0.321 e. The number of rotatable bonds is 9. The Bertz CT molecular complexity index is 1210.